The highest BCUT2D eigenvalue weighted by Gasteiger charge is 2.54. The van der Waals surface area contributed by atoms with Crippen LogP contribution in [0.1, 0.15) is 17.0 Å². The maximum Gasteiger partial charge on any atom is 0.362 e. The zero-order valence-electron chi connectivity index (χ0n) is 24.2. The van der Waals surface area contributed by atoms with E-state index in [2.05, 4.69) is 30.6 Å². The number of aliphatic carboxylic acids is 1. The van der Waals surface area contributed by atoms with Crippen molar-refractivity contribution in [3.8, 4) is 5.75 Å². The fourth-order valence-electron chi connectivity index (χ4n) is 4.07. The van der Waals surface area contributed by atoms with E-state index in [-0.39, 0.29) is 39.8 Å². The first-order valence-corrected chi connectivity index (χ1v) is 15.7. The van der Waals surface area contributed by atoms with E-state index in [0.717, 1.165) is 16.1 Å². The number of amides is 2. The molecule has 252 valence electrons. The molecule has 2 aromatic heterocycles. The number of aliphatic imine (C=N–C) groups is 1. The third-order valence-corrected chi connectivity index (χ3v) is 7.96. The fourth-order valence-corrected chi connectivity index (χ4v) is 5.49. The average Bonchev–Trinajstić information content (AvgIpc) is 3.68. The second kappa shape index (κ2) is 14.9. The molecule has 0 spiro atoms. The van der Waals surface area contributed by atoms with Crippen LogP contribution in [0.3, 0.4) is 0 Å². The molecule has 11 N–H and O–H groups in total. The molecule has 0 aliphatic carbocycles. The number of hydrogen-bond donors (Lipinski definition) is 7. The third kappa shape index (κ3) is 8.53. The Balaban J connectivity index is 1.51. The number of benzene rings is 1. The minimum absolute atomic E-state index is 0.0198. The molecule has 1 aliphatic rings. The molecule has 0 saturated carbocycles. The van der Waals surface area contributed by atoms with Gasteiger partial charge in [0.15, 0.2) is 10.8 Å². The molecule has 23 heteroatoms. The molecule has 2 amide bonds. The van der Waals surface area contributed by atoms with Gasteiger partial charge in [-0.1, -0.05) is 5.16 Å². The zero-order valence-corrected chi connectivity index (χ0v) is 25.9. The zero-order chi connectivity index (χ0) is 34.3. The summed E-state index contributed by atoms with van der Waals surface area (Å²) in [5, 5.41) is 25.0. The van der Waals surface area contributed by atoms with Crippen LogP contribution in [0.5, 0.6) is 5.75 Å². The number of aromatic nitrogens is 4. The number of β-lactam (4-membered cyclic amide) rings is 1. The summed E-state index contributed by atoms with van der Waals surface area (Å²) in [5.41, 5.74) is 22.7. The Labute approximate surface area is 270 Å². The van der Waals surface area contributed by atoms with Crippen molar-refractivity contribution in [3.63, 3.8) is 0 Å². The lowest BCUT2D eigenvalue weighted by Crippen LogP contribution is -2.73. The van der Waals surface area contributed by atoms with Crippen LogP contribution in [-0.2, 0) is 42.6 Å². The van der Waals surface area contributed by atoms with Crippen LogP contribution in [0, 0.1) is 0 Å². The van der Waals surface area contributed by atoms with Crippen molar-refractivity contribution in [2.75, 3.05) is 25.4 Å². The summed E-state index contributed by atoms with van der Waals surface area (Å²) in [6, 6.07) is 3.37. The second-order valence-electron chi connectivity index (χ2n) is 9.56. The van der Waals surface area contributed by atoms with Gasteiger partial charge in [-0.3, -0.25) is 19.1 Å². The van der Waals surface area contributed by atoms with Gasteiger partial charge in [-0.15, -0.1) is 11.3 Å². The Morgan fingerprint density at radius 3 is 2.51 bits per heavy atom. The number of amidine groups is 1. The number of carboxylic acids is 1. The third-order valence-electron chi connectivity index (χ3n) is 6.34. The van der Waals surface area contributed by atoms with Gasteiger partial charge in [0.1, 0.15) is 36.0 Å². The number of carboxylic acid groups (broad SMARTS) is 1. The highest BCUT2D eigenvalue weighted by atomic mass is 32.2. The Bertz CT molecular complexity index is 1770. The van der Waals surface area contributed by atoms with Crippen molar-refractivity contribution in [3.05, 3.63) is 52.8 Å². The number of oxime groups is 1. The average molecular weight is 695 g/mol. The summed E-state index contributed by atoms with van der Waals surface area (Å²) in [5.74, 6) is -3.27. The number of nitrogens with two attached hydrogens (primary N) is 4. The predicted molar refractivity (Wildman–Crippen MR) is 164 cm³/mol. The molecule has 3 unspecified atom stereocenters. The van der Waals surface area contributed by atoms with E-state index in [4.69, 9.17) is 32.5 Å². The van der Waals surface area contributed by atoms with Crippen LogP contribution in [0.15, 0.2) is 46.0 Å². The van der Waals surface area contributed by atoms with Gasteiger partial charge in [-0.2, -0.15) is 23.4 Å². The van der Waals surface area contributed by atoms with Gasteiger partial charge in [0.2, 0.25) is 0 Å². The largest absolute Gasteiger partial charge is 0.489 e. The molecule has 3 heterocycles. The Morgan fingerprint density at radius 2 is 1.94 bits per heavy atom. The van der Waals surface area contributed by atoms with Crippen molar-refractivity contribution in [1.82, 2.24) is 29.6 Å². The number of nitrogens with zero attached hydrogens (tertiary/aromatic N) is 7. The van der Waals surface area contributed by atoms with Gasteiger partial charge in [0, 0.05) is 24.0 Å². The monoisotopic (exact) mass is 694 g/mol. The normalized spacial score (nSPS) is 17.6. The number of anilines is 1. The smallest absolute Gasteiger partial charge is 0.362 e. The molecular weight excluding hydrogens is 664 g/mol. The molecule has 1 saturated heterocycles. The molecule has 0 bridgehead atoms. The number of rotatable bonds is 16. The number of ether oxygens (including phenoxy) is 1. The van der Waals surface area contributed by atoms with Crippen molar-refractivity contribution in [1.29, 1.82) is 0 Å². The first kappa shape index (κ1) is 34.6. The van der Waals surface area contributed by atoms with E-state index in [1.165, 1.54) is 23.7 Å². The molecule has 4 rings (SSSR count). The van der Waals surface area contributed by atoms with Crippen LogP contribution < -0.4 is 33.0 Å². The second-order valence-corrected chi connectivity index (χ2v) is 11.7. The maximum absolute atomic E-state index is 13.4. The molecule has 0 radical (unpaired) electrons. The minimum atomic E-state index is -5.03. The molecule has 1 aromatic carbocycles. The van der Waals surface area contributed by atoms with Crippen molar-refractivity contribution in [2.45, 2.75) is 31.3 Å². The number of hydrogen-bond acceptors (Lipinski definition) is 16. The predicted octanol–water partition coefficient (Wildman–Crippen LogP) is -3.11. The number of nitrogen functional groups attached to an aromatic ring is 1. The number of thiazole rings is 1. The summed E-state index contributed by atoms with van der Waals surface area (Å²) < 4.78 is 39.1. The summed E-state index contributed by atoms with van der Waals surface area (Å²) in [4.78, 5) is 52.3. The molecule has 47 heavy (non-hydrogen) atoms. The highest BCUT2D eigenvalue weighted by molar-refractivity contribution is 7.84. The standard InChI is InChI=1S/C24H30N12O9S2/c25-5-6-29-20(27)12-1-3-14(4-2-12)44-10-17(23(39)40)45-34-18(15-11-46-24(28)31-15)21(37)32-19-16(36(22(19)38)47(41,42)43)9-35-30-8-13(7-26)33-35/h1-4,8,11,16-17,19H,5-7,9-10,25-26H2,(H2,27,29)(H2,28,31)(H,32,37)(H,39,40)(H,41,42,43). The Hall–Kier alpha value is -5.23. The lowest BCUT2D eigenvalue weighted by molar-refractivity contribution is -0.152. The first-order valence-electron chi connectivity index (χ1n) is 13.4. The van der Waals surface area contributed by atoms with Gasteiger partial charge in [0.05, 0.1) is 25.0 Å². The van der Waals surface area contributed by atoms with E-state index >= 15 is 0 Å². The van der Waals surface area contributed by atoms with Crippen molar-refractivity contribution < 1.29 is 42.0 Å². The molecule has 3 atom stereocenters. The summed E-state index contributed by atoms with van der Waals surface area (Å²) in [7, 11) is -5.03. The number of carbonyl (C=O) groups is 3. The molecule has 21 nitrogen and oxygen atoms in total. The van der Waals surface area contributed by atoms with E-state index < -0.39 is 58.6 Å². The van der Waals surface area contributed by atoms with Gasteiger partial charge in [-0.05, 0) is 24.3 Å². The lowest BCUT2D eigenvalue weighted by Gasteiger charge is -2.43. The van der Waals surface area contributed by atoms with Crippen LogP contribution >= 0.6 is 11.3 Å². The van der Waals surface area contributed by atoms with Gasteiger partial charge >= 0.3 is 16.3 Å². The Kier molecular flexibility index (Phi) is 11.0. The van der Waals surface area contributed by atoms with Gasteiger partial charge in [0.25, 0.3) is 17.9 Å². The van der Waals surface area contributed by atoms with Crippen molar-refractivity contribution >= 4 is 56.1 Å². The van der Waals surface area contributed by atoms with E-state index in [9.17, 15) is 32.5 Å². The van der Waals surface area contributed by atoms with E-state index in [1.54, 1.807) is 12.1 Å². The summed E-state index contributed by atoms with van der Waals surface area (Å²) in [6.45, 7) is -0.231. The van der Waals surface area contributed by atoms with Crippen molar-refractivity contribution in [2.24, 2.45) is 27.3 Å². The number of nitrogens with one attached hydrogen (secondary N) is 1. The topological polar surface area (TPSA) is 332 Å². The number of carbonyl (C=O) groups excluding carboxylic acids is 2. The minimum Gasteiger partial charge on any atom is -0.489 e. The Morgan fingerprint density at radius 1 is 1.21 bits per heavy atom. The summed E-state index contributed by atoms with van der Waals surface area (Å²) in [6.07, 6.45) is -0.422. The van der Waals surface area contributed by atoms with E-state index in [1.807, 2.05) is 0 Å². The highest BCUT2D eigenvalue weighted by Crippen LogP contribution is 2.25. The van der Waals surface area contributed by atoms with Gasteiger partial charge < -0.3 is 42.9 Å². The molecule has 1 fully saturated rings. The van der Waals surface area contributed by atoms with Crippen LogP contribution in [0.2, 0.25) is 0 Å². The SMILES string of the molecule is NCCN=C(N)c1ccc(OCC(ON=C(C(=O)NC2C(=O)N(S(=O)(=O)O)C2Cn2ncc(CN)n2)c2csc(N)n2)C(=O)O)cc1. The van der Waals surface area contributed by atoms with E-state index in [0.29, 0.717) is 24.3 Å². The fraction of sp³-hybridized carbons (Fsp3) is 0.333. The van der Waals surface area contributed by atoms with Gasteiger partial charge in [-0.25, -0.2) is 14.1 Å². The summed E-state index contributed by atoms with van der Waals surface area (Å²) >= 11 is 0.923. The molecular formula is C24H30N12O9S2. The molecule has 1 aliphatic heterocycles. The van der Waals surface area contributed by atoms with Crippen LogP contribution in [-0.4, -0.2) is 110 Å². The van der Waals surface area contributed by atoms with Crippen LogP contribution in [0.4, 0.5) is 5.13 Å². The van der Waals surface area contributed by atoms with Crippen LogP contribution in [0.25, 0.3) is 0 Å². The lowest BCUT2D eigenvalue weighted by atomic mass is 9.98. The quantitative estimate of drug-likeness (QED) is 0.0256. The maximum atomic E-state index is 13.4. The first-order chi connectivity index (χ1) is 22.3. The molecule has 3 aromatic rings.